The summed E-state index contributed by atoms with van der Waals surface area (Å²) < 4.78 is 14.4. The molecule has 0 radical (unpaired) electrons. The number of anilines is 1. The Kier molecular flexibility index (Phi) is 5.21. The number of carbonyl (C=O) groups excluding carboxylic acids is 2. The minimum atomic E-state index is -0.524. The molecule has 3 aromatic rings. The highest BCUT2D eigenvalue weighted by atomic mass is 19.1. The lowest BCUT2D eigenvalue weighted by molar-refractivity contribution is 0.100. The van der Waals surface area contributed by atoms with Gasteiger partial charge in [0.2, 0.25) is 0 Å². The third kappa shape index (κ3) is 4.52. The van der Waals surface area contributed by atoms with Crippen molar-refractivity contribution in [1.82, 2.24) is 9.78 Å². The summed E-state index contributed by atoms with van der Waals surface area (Å²) in [5, 5.41) is 6.70. The predicted octanol–water partition coefficient (Wildman–Crippen LogP) is 2.89. The molecule has 2 aromatic carbocycles. The highest BCUT2D eigenvalue weighted by Gasteiger charge is 2.11. The second kappa shape index (κ2) is 7.74. The zero-order chi connectivity index (χ0) is 19.4. The monoisotopic (exact) mass is 365 g/mol. The molecule has 1 heterocycles. The van der Waals surface area contributed by atoms with Crippen LogP contribution in [-0.4, -0.2) is 21.5 Å². The van der Waals surface area contributed by atoms with E-state index in [4.69, 9.17) is 0 Å². The Balaban J connectivity index is 1.82. The van der Waals surface area contributed by atoms with Crippen molar-refractivity contribution in [2.24, 2.45) is 0 Å². The molecule has 6 nitrogen and oxygen atoms in total. The standard InChI is InChI=1S/C20H16FN3O3/c1-13(25)15-5-3-7-17(11-15)22-20(27)18-8-9-19(26)24(23-18)12-14-4-2-6-16(21)10-14/h2-11H,12H2,1H3,(H,22,27). The first-order valence-electron chi connectivity index (χ1n) is 8.17. The van der Waals surface area contributed by atoms with E-state index in [1.165, 1.54) is 37.3 Å². The van der Waals surface area contributed by atoms with E-state index in [9.17, 15) is 18.8 Å². The van der Waals surface area contributed by atoms with Gasteiger partial charge in [0.05, 0.1) is 6.54 Å². The van der Waals surface area contributed by atoms with Crippen LogP contribution in [0.15, 0.2) is 65.5 Å². The van der Waals surface area contributed by atoms with Crippen molar-refractivity contribution in [2.75, 3.05) is 5.32 Å². The molecule has 27 heavy (non-hydrogen) atoms. The minimum absolute atomic E-state index is 0.0271. The number of nitrogens with one attached hydrogen (secondary N) is 1. The Bertz CT molecular complexity index is 1080. The number of halogens is 1. The van der Waals surface area contributed by atoms with Gasteiger partial charge < -0.3 is 5.32 Å². The van der Waals surface area contributed by atoms with Crippen LogP contribution in [-0.2, 0) is 6.54 Å². The average Bonchev–Trinajstić information content (AvgIpc) is 2.63. The second-order valence-corrected chi connectivity index (χ2v) is 5.94. The number of hydrogen-bond donors (Lipinski definition) is 1. The quantitative estimate of drug-likeness (QED) is 0.705. The molecule has 0 atom stereocenters. The van der Waals surface area contributed by atoms with Crippen molar-refractivity contribution in [3.8, 4) is 0 Å². The fraction of sp³-hybridized carbons (Fsp3) is 0.100. The van der Waals surface area contributed by atoms with Gasteiger partial charge in [-0.2, -0.15) is 5.10 Å². The maximum absolute atomic E-state index is 13.3. The van der Waals surface area contributed by atoms with Gasteiger partial charge in [0.1, 0.15) is 11.5 Å². The Hall–Kier alpha value is -3.61. The summed E-state index contributed by atoms with van der Waals surface area (Å²) in [5.41, 5.74) is 1.08. The van der Waals surface area contributed by atoms with Gasteiger partial charge in [-0.25, -0.2) is 9.07 Å². The van der Waals surface area contributed by atoms with Gasteiger partial charge in [0.15, 0.2) is 5.78 Å². The Morgan fingerprint density at radius 3 is 2.59 bits per heavy atom. The number of carbonyl (C=O) groups is 2. The lowest BCUT2D eigenvalue weighted by Crippen LogP contribution is -2.26. The predicted molar refractivity (Wildman–Crippen MR) is 98.4 cm³/mol. The summed E-state index contributed by atoms with van der Waals surface area (Å²) in [5.74, 6) is -1.06. The van der Waals surface area contributed by atoms with Crippen LogP contribution in [0.25, 0.3) is 0 Å². The molecule has 1 aromatic heterocycles. The zero-order valence-electron chi connectivity index (χ0n) is 14.5. The van der Waals surface area contributed by atoms with Gasteiger partial charge in [0.25, 0.3) is 11.5 Å². The molecule has 0 saturated carbocycles. The van der Waals surface area contributed by atoms with E-state index in [2.05, 4.69) is 10.4 Å². The first-order chi connectivity index (χ1) is 12.9. The van der Waals surface area contributed by atoms with Gasteiger partial charge in [-0.15, -0.1) is 0 Å². The topological polar surface area (TPSA) is 81.1 Å². The van der Waals surface area contributed by atoms with E-state index in [1.54, 1.807) is 30.3 Å². The molecule has 0 unspecified atom stereocenters. The molecule has 0 aliphatic heterocycles. The molecule has 0 bridgehead atoms. The maximum atomic E-state index is 13.3. The van der Waals surface area contributed by atoms with Crippen LogP contribution < -0.4 is 10.9 Å². The van der Waals surface area contributed by atoms with E-state index in [1.807, 2.05) is 0 Å². The van der Waals surface area contributed by atoms with Crippen molar-refractivity contribution in [2.45, 2.75) is 13.5 Å². The summed E-state index contributed by atoms with van der Waals surface area (Å²) in [4.78, 5) is 35.9. The van der Waals surface area contributed by atoms with Crippen LogP contribution in [0.3, 0.4) is 0 Å². The van der Waals surface area contributed by atoms with Crippen LogP contribution in [0.1, 0.15) is 33.3 Å². The highest BCUT2D eigenvalue weighted by molar-refractivity contribution is 6.03. The van der Waals surface area contributed by atoms with Crippen molar-refractivity contribution in [3.05, 3.63) is 93.7 Å². The normalized spacial score (nSPS) is 10.4. The van der Waals surface area contributed by atoms with Crippen LogP contribution in [0.5, 0.6) is 0 Å². The molecule has 0 aliphatic rings. The van der Waals surface area contributed by atoms with Crippen LogP contribution in [0, 0.1) is 5.82 Å². The van der Waals surface area contributed by atoms with E-state index < -0.39 is 17.3 Å². The Morgan fingerprint density at radius 2 is 1.85 bits per heavy atom. The first kappa shape index (κ1) is 18.2. The third-order valence-corrected chi connectivity index (χ3v) is 3.85. The van der Waals surface area contributed by atoms with Gasteiger partial charge in [-0.05, 0) is 42.8 Å². The van der Waals surface area contributed by atoms with Crippen molar-refractivity contribution < 1.29 is 14.0 Å². The highest BCUT2D eigenvalue weighted by Crippen LogP contribution is 2.12. The van der Waals surface area contributed by atoms with Gasteiger partial charge >= 0.3 is 0 Å². The fourth-order valence-electron chi connectivity index (χ4n) is 2.50. The number of hydrogen-bond acceptors (Lipinski definition) is 4. The number of rotatable bonds is 5. The molecule has 3 rings (SSSR count). The summed E-state index contributed by atoms with van der Waals surface area (Å²) >= 11 is 0. The SMILES string of the molecule is CC(=O)c1cccc(NC(=O)c2ccc(=O)n(Cc3cccc(F)c3)n2)c1. The lowest BCUT2D eigenvalue weighted by Gasteiger charge is -2.09. The molecule has 1 amide bonds. The van der Waals surface area contributed by atoms with E-state index in [0.717, 1.165) is 4.68 Å². The number of nitrogens with zero attached hydrogens (tertiary/aromatic N) is 2. The van der Waals surface area contributed by atoms with E-state index in [0.29, 0.717) is 16.8 Å². The molecular formula is C20H16FN3O3. The number of amides is 1. The average molecular weight is 365 g/mol. The number of ketones is 1. The Labute approximate surface area is 154 Å². The lowest BCUT2D eigenvalue weighted by atomic mass is 10.1. The molecule has 7 heteroatoms. The van der Waals surface area contributed by atoms with Gasteiger partial charge in [-0.3, -0.25) is 14.4 Å². The summed E-state index contributed by atoms with van der Waals surface area (Å²) in [6.07, 6.45) is 0. The van der Waals surface area contributed by atoms with Crippen molar-refractivity contribution in [1.29, 1.82) is 0 Å². The Morgan fingerprint density at radius 1 is 1.07 bits per heavy atom. The van der Waals surface area contributed by atoms with Gasteiger partial charge in [0, 0.05) is 17.3 Å². The molecule has 1 N–H and O–H groups in total. The smallest absolute Gasteiger partial charge is 0.276 e. The van der Waals surface area contributed by atoms with Crippen molar-refractivity contribution >= 4 is 17.4 Å². The molecular weight excluding hydrogens is 349 g/mol. The van der Waals surface area contributed by atoms with Crippen LogP contribution >= 0.6 is 0 Å². The van der Waals surface area contributed by atoms with Crippen LogP contribution in [0.4, 0.5) is 10.1 Å². The second-order valence-electron chi connectivity index (χ2n) is 5.94. The maximum Gasteiger partial charge on any atom is 0.276 e. The largest absolute Gasteiger partial charge is 0.321 e. The molecule has 0 aliphatic carbocycles. The number of aromatic nitrogens is 2. The molecule has 0 fully saturated rings. The van der Waals surface area contributed by atoms with Crippen LogP contribution in [0.2, 0.25) is 0 Å². The number of benzene rings is 2. The third-order valence-electron chi connectivity index (χ3n) is 3.85. The number of Topliss-reactive ketones (excluding diaryl/α,β-unsaturated/α-hetero) is 1. The van der Waals surface area contributed by atoms with Gasteiger partial charge in [-0.1, -0.05) is 24.3 Å². The summed E-state index contributed by atoms with van der Waals surface area (Å²) in [6, 6.07) is 14.9. The van der Waals surface area contributed by atoms with Crippen molar-refractivity contribution in [3.63, 3.8) is 0 Å². The zero-order valence-corrected chi connectivity index (χ0v) is 14.5. The molecule has 0 spiro atoms. The molecule has 0 saturated heterocycles. The summed E-state index contributed by atoms with van der Waals surface area (Å²) in [7, 11) is 0. The molecule has 136 valence electrons. The first-order valence-corrected chi connectivity index (χ1v) is 8.17. The minimum Gasteiger partial charge on any atom is -0.321 e. The van der Waals surface area contributed by atoms with E-state index in [-0.39, 0.29) is 18.0 Å². The summed E-state index contributed by atoms with van der Waals surface area (Å²) in [6.45, 7) is 1.47. The van der Waals surface area contributed by atoms with E-state index >= 15 is 0 Å². The fourth-order valence-corrected chi connectivity index (χ4v) is 2.50.